The molecule has 4 heteroatoms. The van der Waals surface area contributed by atoms with Crippen LogP contribution in [0.15, 0.2) is 24.3 Å². The summed E-state index contributed by atoms with van der Waals surface area (Å²) in [5.74, 6) is 0.260. The maximum absolute atomic E-state index is 12.9. The van der Waals surface area contributed by atoms with E-state index in [0.717, 1.165) is 38.2 Å². The number of anilines is 1. The molecule has 2 fully saturated rings. The second-order valence-electron chi connectivity index (χ2n) is 5.48. The largest absolute Gasteiger partial charge is 0.394 e. The molecule has 0 aliphatic carbocycles. The van der Waals surface area contributed by atoms with Crippen LogP contribution < -0.4 is 5.32 Å². The van der Waals surface area contributed by atoms with Crippen molar-refractivity contribution in [3.8, 4) is 0 Å². The van der Waals surface area contributed by atoms with Crippen molar-refractivity contribution < 1.29 is 9.50 Å². The monoisotopic (exact) mass is 250 g/mol. The van der Waals surface area contributed by atoms with Gasteiger partial charge in [-0.2, -0.15) is 0 Å². The van der Waals surface area contributed by atoms with Crippen LogP contribution in [-0.4, -0.2) is 41.8 Å². The van der Waals surface area contributed by atoms with Gasteiger partial charge in [0.15, 0.2) is 0 Å². The molecule has 18 heavy (non-hydrogen) atoms. The van der Waals surface area contributed by atoms with E-state index < -0.39 is 0 Å². The number of hydrogen-bond donors (Lipinski definition) is 2. The highest BCUT2D eigenvalue weighted by Gasteiger charge is 2.45. The zero-order valence-corrected chi connectivity index (χ0v) is 10.4. The Morgan fingerprint density at radius 3 is 2.83 bits per heavy atom. The van der Waals surface area contributed by atoms with Crippen molar-refractivity contribution in [1.29, 1.82) is 0 Å². The highest BCUT2D eigenvalue weighted by molar-refractivity contribution is 5.46. The number of hydrogen-bond acceptors (Lipinski definition) is 3. The van der Waals surface area contributed by atoms with Crippen molar-refractivity contribution in [3.05, 3.63) is 30.1 Å². The van der Waals surface area contributed by atoms with Gasteiger partial charge < -0.3 is 15.3 Å². The van der Waals surface area contributed by atoms with Gasteiger partial charge in [-0.1, -0.05) is 0 Å². The molecule has 2 aliphatic heterocycles. The van der Waals surface area contributed by atoms with Crippen molar-refractivity contribution in [2.45, 2.75) is 18.4 Å². The van der Waals surface area contributed by atoms with E-state index >= 15 is 0 Å². The van der Waals surface area contributed by atoms with Crippen LogP contribution in [0.1, 0.15) is 12.8 Å². The summed E-state index contributed by atoms with van der Waals surface area (Å²) >= 11 is 0. The third-order valence-corrected chi connectivity index (χ3v) is 4.45. The van der Waals surface area contributed by atoms with Crippen LogP contribution >= 0.6 is 0 Å². The first-order chi connectivity index (χ1) is 8.72. The van der Waals surface area contributed by atoms with Crippen molar-refractivity contribution in [2.24, 2.45) is 5.92 Å². The molecule has 3 unspecified atom stereocenters. The van der Waals surface area contributed by atoms with E-state index in [9.17, 15) is 9.50 Å². The molecule has 2 saturated heterocycles. The molecule has 98 valence electrons. The first-order valence-electron chi connectivity index (χ1n) is 6.59. The zero-order valence-electron chi connectivity index (χ0n) is 10.4. The summed E-state index contributed by atoms with van der Waals surface area (Å²) in [4.78, 5) is 2.45. The summed E-state index contributed by atoms with van der Waals surface area (Å²) < 4.78 is 12.9. The molecule has 2 bridgehead atoms. The molecule has 0 spiro atoms. The van der Waals surface area contributed by atoms with Crippen LogP contribution in [0.25, 0.3) is 0 Å². The molecule has 2 heterocycles. The average molecular weight is 250 g/mol. The lowest BCUT2D eigenvalue weighted by molar-refractivity contribution is 0.112. The predicted molar refractivity (Wildman–Crippen MR) is 69.0 cm³/mol. The number of nitrogens with one attached hydrogen (secondary N) is 1. The van der Waals surface area contributed by atoms with E-state index in [4.69, 9.17) is 0 Å². The highest BCUT2D eigenvalue weighted by atomic mass is 19.1. The van der Waals surface area contributed by atoms with Gasteiger partial charge in [0.1, 0.15) is 5.82 Å². The Hall–Kier alpha value is -1.13. The van der Waals surface area contributed by atoms with Gasteiger partial charge in [0.25, 0.3) is 0 Å². The SMILES string of the molecule is OCC1(Nc2ccc(F)cc2)CCN2CCC1C2. The Morgan fingerprint density at radius 2 is 2.11 bits per heavy atom. The van der Waals surface area contributed by atoms with Gasteiger partial charge in [-0.3, -0.25) is 0 Å². The Labute approximate surface area is 107 Å². The number of piperidine rings is 1. The maximum atomic E-state index is 12.9. The molecule has 3 atom stereocenters. The quantitative estimate of drug-likeness (QED) is 0.857. The molecule has 2 N–H and O–H groups in total. The second-order valence-corrected chi connectivity index (χ2v) is 5.48. The number of nitrogens with zero attached hydrogens (tertiary/aromatic N) is 1. The third-order valence-electron chi connectivity index (χ3n) is 4.45. The molecule has 0 aromatic heterocycles. The number of aliphatic hydroxyl groups is 1. The lowest BCUT2D eigenvalue weighted by Crippen LogP contribution is -2.54. The van der Waals surface area contributed by atoms with E-state index in [2.05, 4.69) is 10.2 Å². The van der Waals surface area contributed by atoms with Crippen LogP contribution in [0.5, 0.6) is 0 Å². The molecule has 1 aromatic carbocycles. The fourth-order valence-corrected chi connectivity index (χ4v) is 3.28. The van der Waals surface area contributed by atoms with Crippen molar-refractivity contribution in [3.63, 3.8) is 0 Å². The van der Waals surface area contributed by atoms with Crippen molar-refractivity contribution in [1.82, 2.24) is 4.90 Å². The Balaban J connectivity index is 1.81. The van der Waals surface area contributed by atoms with E-state index in [1.165, 1.54) is 12.1 Å². The van der Waals surface area contributed by atoms with Gasteiger partial charge in [0.05, 0.1) is 12.1 Å². The first kappa shape index (κ1) is 11.9. The molecule has 3 rings (SSSR count). The van der Waals surface area contributed by atoms with Gasteiger partial charge in [0, 0.05) is 18.8 Å². The molecule has 0 saturated carbocycles. The lowest BCUT2D eigenvalue weighted by Gasteiger charge is -2.43. The van der Waals surface area contributed by atoms with E-state index in [-0.39, 0.29) is 18.0 Å². The summed E-state index contributed by atoms with van der Waals surface area (Å²) in [6, 6.07) is 6.40. The third kappa shape index (κ3) is 1.99. The fourth-order valence-electron chi connectivity index (χ4n) is 3.28. The summed E-state index contributed by atoms with van der Waals surface area (Å²) in [5, 5.41) is 13.3. The van der Waals surface area contributed by atoms with Crippen molar-refractivity contribution >= 4 is 5.69 Å². The molecular formula is C14H19FN2O. The fraction of sp³-hybridized carbons (Fsp3) is 0.571. The average Bonchev–Trinajstić information content (AvgIpc) is 2.81. The summed E-state index contributed by atoms with van der Waals surface area (Å²) in [5.41, 5.74) is 0.663. The van der Waals surface area contributed by atoms with Gasteiger partial charge >= 0.3 is 0 Å². The topological polar surface area (TPSA) is 35.5 Å². The zero-order chi connectivity index (χ0) is 12.6. The van der Waals surface area contributed by atoms with Crippen LogP contribution in [0.3, 0.4) is 0 Å². The van der Waals surface area contributed by atoms with Gasteiger partial charge in [-0.15, -0.1) is 0 Å². The molecule has 3 nitrogen and oxygen atoms in total. The van der Waals surface area contributed by atoms with Gasteiger partial charge in [0.2, 0.25) is 0 Å². The second kappa shape index (κ2) is 4.52. The Bertz CT molecular complexity index is 422. The van der Waals surface area contributed by atoms with Crippen LogP contribution in [0.2, 0.25) is 0 Å². The smallest absolute Gasteiger partial charge is 0.123 e. The minimum atomic E-state index is -0.231. The molecule has 1 aromatic rings. The van der Waals surface area contributed by atoms with Crippen LogP contribution in [0, 0.1) is 11.7 Å². The Morgan fingerprint density at radius 1 is 1.33 bits per heavy atom. The first-order valence-corrected chi connectivity index (χ1v) is 6.59. The molecule has 0 radical (unpaired) electrons. The minimum Gasteiger partial charge on any atom is -0.394 e. The molecule has 2 aliphatic rings. The standard InChI is InChI=1S/C14H19FN2O/c15-12-1-3-13(4-2-12)16-14(10-18)6-8-17-7-5-11(14)9-17/h1-4,11,16,18H,5-10H2. The minimum absolute atomic E-state index is 0.142. The summed E-state index contributed by atoms with van der Waals surface area (Å²) in [6.07, 6.45) is 2.08. The van der Waals surface area contributed by atoms with E-state index in [1.807, 2.05) is 0 Å². The number of halogens is 1. The van der Waals surface area contributed by atoms with Crippen molar-refractivity contribution in [2.75, 3.05) is 31.6 Å². The van der Waals surface area contributed by atoms with Gasteiger partial charge in [-0.05, 0) is 49.6 Å². The van der Waals surface area contributed by atoms with Crippen LogP contribution in [0.4, 0.5) is 10.1 Å². The number of rotatable bonds is 3. The summed E-state index contributed by atoms with van der Waals surface area (Å²) in [6.45, 7) is 3.38. The highest BCUT2D eigenvalue weighted by Crippen LogP contribution is 2.37. The van der Waals surface area contributed by atoms with Gasteiger partial charge in [-0.25, -0.2) is 4.39 Å². The summed E-state index contributed by atoms with van der Waals surface area (Å²) in [7, 11) is 0. The Kier molecular flexibility index (Phi) is 2.99. The number of benzene rings is 1. The lowest BCUT2D eigenvalue weighted by atomic mass is 9.79. The van der Waals surface area contributed by atoms with E-state index in [1.54, 1.807) is 12.1 Å². The number of fused-ring (bicyclic) bond motifs is 2. The maximum Gasteiger partial charge on any atom is 0.123 e. The normalized spacial score (nSPS) is 34.6. The molecule has 0 amide bonds. The molecular weight excluding hydrogens is 231 g/mol. The van der Waals surface area contributed by atoms with Crippen LogP contribution in [-0.2, 0) is 0 Å². The number of aliphatic hydroxyl groups excluding tert-OH is 1. The predicted octanol–water partition coefficient (Wildman–Crippen LogP) is 1.69. The van der Waals surface area contributed by atoms with E-state index in [0.29, 0.717) is 5.92 Å².